The zero-order chi connectivity index (χ0) is 25.9. The number of nitrogens with two attached hydrogens (primary N) is 1. The molecule has 0 unspecified atom stereocenters. The molecule has 3 aromatic carbocycles. The number of carbonyl (C=O) groups is 1. The molecule has 1 amide bonds. The van der Waals surface area contributed by atoms with Gasteiger partial charge >= 0.3 is 0 Å². The normalized spacial score (nSPS) is 15.1. The molecule has 38 heavy (non-hydrogen) atoms. The molecule has 6 rings (SSSR count). The van der Waals surface area contributed by atoms with Gasteiger partial charge in [0.2, 0.25) is 0 Å². The van der Waals surface area contributed by atoms with Gasteiger partial charge in [0.15, 0.2) is 5.65 Å². The van der Waals surface area contributed by atoms with E-state index in [1.165, 1.54) is 0 Å². The molecule has 0 bridgehead atoms. The quantitative estimate of drug-likeness (QED) is 0.332. The molecule has 1 atom stereocenters. The van der Waals surface area contributed by atoms with Crippen LogP contribution >= 0.6 is 0 Å². The molecule has 2 aromatic heterocycles. The monoisotopic (exact) mass is 504 g/mol. The summed E-state index contributed by atoms with van der Waals surface area (Å²) in [6.45, 7) is 2.24. The van der Waals surface area contributed by atoms with E-state index in [1.807, 2.05) is 78.9 Å². The van der Waals surface area contributed by atoms with Gasteiger partial charge in [0, 0.05) is 42.3 Å². The fourth-order valence-corrected chi connectivity index (χ4v) is 4.67. The summed E-state index contributed by atoms with van der Waals surface area (Å²) < 4.78 is 7.58. The van der Waals surface area contributed by atoms with Crippen LogP contribution in [0.5, 0.6) is 5.75 Å². The van der Waals surface area contributed by atoms with Crippen molar-refractivity contribution in [2.45, 2.75) is 19.1 Å². The van der Waals surface area contributed by atoms with E-state index < -0.39 is 0 Å². The Morgan fingerprint density at radius 3 is 2.66 bits per heavy atom. The largest absolute Gasteiger partial charge is 0.489 e. The third-order valence-electron chi connectivity index (χ3n) is 6.71. The highest BCUT2D eigenvalue weighted by Crippen LogP contribution is 2.27. The Hall–Kier alpha value is -4.69. The lowest BCUT2D eigenvalue weighted by Crippen LogP contribution is -2.26. The molecule has 1 saturated heterocycles. The van der Waals surface area contributed by atoms with Gasteiger partial charge in [-0.2, -0.15) is 5.10 Å². The number of aromatic nitrogens is 3. The number of rotatable bonds is 7. The molecular formula is C30H28N6O2. The predicted molar refractivity (Wildman–Crippen MR) is 148 cm³/mol. The third-order valence-corrected chi connectivity index (χ3v) is 6.71. The number of hydrogen-bond acceptors (Lipinski definition) is 6. The smallest absolute Gasteiger partial charge is 0.274 e. The number of anilines is 2. The van der Waals surface area contributed by atoms with E-state index in [1.54, 1.807) is 23.0 Å². The van der Waals surface area contributed by atoms with Crippen molar-refractivity contribution in [3.63, 3.8) is 0 Å². The second kappa shape index (κ2) is 10.4. The van der Waals surface area contributed by atoms with E-state index in [9.17, 15) is 4.79 Å². The van der Waals surface area contributed by atoms with Crippen LogP contribution in [0.1, 0.15) is 22.5 Å². The zero-order valence-corrected chi connectivity index (χ0v) is 20.8. The SMILES string of the molecule is N[C@@H]1CCN(c2cccc(NC(=O)c3ccn4ncc(-c5ccc(OCc6ccccc6)cc5)c4n3)c2)C1. The molecule has 5 aromatic rings. The summed E-state index contributed by atoms with van der Waals surface area (Å²) in [5, 5.41) is 7.39. The minimum atomic E-state index is -0.278. The van der Waals surface area contributed by atoms with Gasteiger partial charge in [0.1, 0.15) is 18.1 Å². The van der Waals surface area contributed by atoms with Crippen molar-refractivity contribution in [2.24, 2.45) is 5.73 Å². The van der Waals surface area contributed by atoms with Crippen LogP contribution in [-0.2, 0) is 6.61 Å². The lowest BCUT2D eigenvalue weighted by Gasteiger charge is -2.19. The second-order valence-electron chi connectivity index (χ2n) is 9.44. The van der Waals surface area contributed by atoms with Crippen molar-refractivity contribution in [3.05, 3.63) is 109 Å². The molecule has 1 aliphatic rings. The lowest BCUT2D eigenvalue weighted by molar-refractivity contribution is 0.102. The van der Waals surface area contributed by atoms with Crippen LogP contribution in [-0.4, -0.2) is 39.6 Å². The Morgan fingerprint density at radius 2 is 1.87 bits per heavy atom. The maximum atomic E-state index is 13.1. The van der Waals surface area contributed by atoms with Crippen molar-refractivity contribution < 1.29 is 9.53 Å². The maximum Gasteiger partial charge on any atom is 0.274 e. The molecule has 0 spiro atoms. The van der Waals surface area contributed by atoms with Crippen molar-refractivity contribution in [3.8, 4) is 16.9 Å². The number of amides is 1. The fraction of sp³-hybridized carbons (Fsp3) is 0.167. The van der Waals surface area contributed by atoms with E-state index in [-0.39, 0.29) is 11.9 Å². The van der Waals surface area contributed by atoms with Gasteiger partial charge in [-0.25, -0.2) is 9.50 Å². The minimum absolute atomic E-state index is 0.187. The molecule has 0 saturated carbocycles. The number of benzene rings is 3. The number of carbonyl (C=O) groups excluding carboxylic acids is 1. The molecule has 1 fully saturated rings. The summed E-state index contributed by atoms with van der Waals surface area (Å²) in [6.07, 6.45) is 4.48. The van der Waals surface area contributed by atoms with E-state index >= 15 is 0 Å². The first-order valence-electron chi connectivity index (χ1n) is 12.7. The van der Waals surface area contributed by atoms with Gasteiger partial charge in [0.05, 0.1) is 6.20 Å². The Kier molecular flexibility index (Phi) is 6.46. The van der Waals surface area contributed by atoms with Gasteiger partial charge in [-0.15, -0.1) is 0 Å². The Labute approximate surface area is 220 Å². The Bertz CT molecular complexity index is 1570. The summed E-state index contributed by atoms with van der Waals surface area (Å²) in [5.41, 5.74) is 11.6. The molecule has 0 radical (unpaired) electrons. The summed E-state index contributed by atoms with van der Waals surface area (Å²) in [7, 11) is 0. The van der Waals surface area contributed by atoms with Crippen LogP contribution in [0.25, 0.3) is 16.8 Å². The Balaban J connectivity index is 1.18. The summed E-state index contributed by atoms with van der Waals surface area (Å²) in [6, 6.07) is 27.5. The van der Waals surface area contributed by atoms with Gasteiger partial charge in [0.25, 0.3) is 5.91 Å². The number of nitrogens with one attached hydrogen (secondary N) is 1. The Morgan fingerprint density at radius 1 is 1.03 bits per heavy atom. The van der Waals surface area contributed by atoms with Crippen molar-refractivity contribution in [1.29, 1.82) is 0 Å². The number of fused-ring (bicyclic) bond motifs is 1. The van der Waals surface area contributed by atoms with Crippen molar-refractivity contribution in [1.82, 2.24) is 14.6 Å². The molecule has 0 aliphatic carbocycles. The lowest BCUT2D eigenvalue weighted by atomic mass is 10.1. The minimum Gasteiger partial charge on any atom is -0.489 e. The first kappa shape index (κ1) is 23.7. The standard InChI is InChI=1S/C30H28N6O2/c31-23-13-15-35(19-23)25-8-4-7-24(17-25)33-30(37)28-14-16-36-29(34-28)27(18-32-36)22-9-11-26(12-10-22)38-20-21-5-2-1-3-6-21/h1-12,14,16-18,23H,13,15,19-20,31H2,(H,33,37)/t23-/m1/s1. The maximum absolute atomic E-state index is 13.1. The van der Waals surface area contributed by atoms with Gasteiger partial charge in [-0.1, -0.05) is 48.5 Å². The summed E-state index contributed by atoms with van der Waals surface area (Å²) >= 11 is 0. The molecule has 3 heterocycles. The molecule has 8 nitrogen and oxygen atoms in total. The first-order chi connectivity index (χ1) is 18.6. The second-order valence-corrected chi connectivity index (χ2v) is 9.44. The highest BCUT2D eigenvalue weighted by molar-refractivity contribution is 6.03. The molecule has 8 heteroatoms. The van der Waals surface area contributed by atoms with E-state index in [0.717, 1.165) is 53.3 Å². The van der Waals surface area contributed by atoms with Crippen molar-refractivity contribution in [2.75, 3.05) is 23.3 Å². The van der Waals surface area contributed by atoms with Crippen LogP contribution in [0.15, 0.2) is 97.3 Å². The number of hydrogen-bond donors (Lipinski definition) is 2. The van der Waals surface area contributed by atoms with Crippen molar-refractivity contribution >= 4 is 22.9 Å². The molecule has 3 N–H and O–H groups in total. The van der Waals surface area contributed by atoms with E-state index in [0.29, 0.717) is 17.9 Å². The van der Waals surface area contributed by atoms with E-state index in [2.05, 4.69) is 20.3 Å². The molecule has 190 valence electrons. The topological polar surface area (TPSA) is 97.8 Å². The van der Waals surface area contributed by atoms with Crippen LogP contribution in [0.2, 0.25) is 0 Å². The van der Waals surface area contributed by atoms with Crippen LogP contribution in [0.3, 0.4) is 0 Å². The predicted octanol–water partition coefficient (Wildman–Crippen LogP) is 4.77. The zero-order valence-electron chi connectivity index (χ0n) is 20.8. The first-order valence-corrected chi connectivity index (χ1v) is 12.7. The van der Waals surface area contributed by atoms with Gasteiger partial charge in [-0.3, -0.25) is 4.79 Å². The summed E-state index contributed by atoms with van der Waals surface area (Å²) in [4.78, 5) is 20.0. The van der Waals surface area contributed by atoms with E-state index in [4.69, 9.17) is 10.5 Å². The number of nitrogens with zero attached hydrogens (tertiary/aromatic N) is 4. The third kappa shape index (κ3) is 5.07. The fourth-order valence-electron chi connectivity index (χ4n) is 4.67. The number of ether oxygens (including phenoxy) is 1. The van der Waals surface area contributed by atoms with Crippen LogP contribution in [0.4, 0.5) is 11.4 Å². The summed E-state index contributed by atoms with van der Waals surface area (Å²) in [5.74, 6) is 0.500. The highest BCUT2D eigenvalue weighted by atomic mass is 16.5. The molecule has 1 aliphatic heterocycles. The highest BCUT2D eigenvalue weighted by Gasteiger charge is 2.20. The van der Waals surface area contributed by atoms with Gasteiger partial charge < -0.3 is 20.7 Å². The average molecular weight is 505 g/mol. The van der Waals surface area contributed by atoms with Crippen LogP contribution < -0.4 is 20.7 Å². The average Bonchev–Trinajstić information content (AvgIpc) is 3.59. The molecular weight excluding hydrogens is 476 g/mol. The van der Waals surface area contributed by atoms with Gasteiger partial charge in [-0.05, 0) is 53.9 Å². The van der Waals surface area contributed by atoms with Crippen LogP contribution in [0, 0.1) is 0 Å².